The molecule has 0 amide bonds. The van der Waals surface area contributed by atoms with Crippen molar-refractivity contribution in [3.8, 4) is 11.5 Å². The zero-order valence-electron chi connectivity index (χ0n) is 24.9. The average Bonchev–Trinajstić information content (AvgIpc) is 2.86. The molecule has 9 heteroatoms. The molecular weight excluding hydrogens is 502 g/mol. The number of benzene rings is 1. The zero-order chi connectivity index (χ0) is 29.9. The summed E-state index contributed by atoms with van der Waals surface area (Å²) in [5.74, 6) is -3.05. The van der Waals surface area contributed by atoms with Crippen molar-refractivity contribution in [2.75, 3.05) is 6.54 Å². The number of aliphatic carboxylic acids is 1. The molecule has 0 heterocycles. The standard InChI is InChI=1S/C30H47NO8/c1-10-11-19(6)28(34)37-20(7)16-31-24(27(32)33)14-23-12-13-25(38-29(35)21(8)17(2)3)26(15-23)39-30(36)22(9)18(4)5/h12-13,15,17-22,24,31H,10-11,14,16H2,1-9H3,(H,32,33)/t19?,20?,21?,22?,24-/m0/s1. The molecule has 0 aliphatic heterocycles. The third-order valence-electron chi connectivity index (χ3n) is 7.00. The molecule has 0 fully saturated rings. The first-order valence-electron chi connectivity index (χ1n) is 13.9. The van der Waals surface area contributed by atoms with E-state index in [-0.39, 0.29) is 54.1 Å². The minimum atomic E-state index is -1.08. The van der Waals surface area contributed by atoms with Gasteiger partial charge in [0.25, 0.3) is 0 Å². The SMILES string of the molecule is CCCC(C)C(=O)OC(C)CN[C@@H](Cc1ccc(OC(=O)C(C)C(C)C)c(OC(=O)C(C)C(C)C)c1)C(=O)O. The number of hydrogen-bond acceptors (Lipinski definition) is 8. The Morgan fingerprint density at radius 2 is 1.36 bits per heavy atom. The van der Waals surface area contributed by atoms with Crippen molar-refractivity contribution < 1.29 is 38.5 Å². The molecule has 0 radical (unpaired) electrons. The Balaban J connectivity index is 3.09. The van der Waals surface area contributed by atoms with Gasteiger partial charge in [0.15, 0.2) is 11.5 Å². The Labute approximate surface area is 233 Å². The van der Waals surface area contributed by atoms with Gasteiger partial charge in [-0.15, -0.1) is 0 Å². The first kappa shape index (κ1) is 34.1. The molecule has 1 rings (SSSR count). The van der Waals surface area contributed by atoms with Crippen LogP contribution >= 0.6 is 0 Å². The Kier molecular flexibility index (Phi) is 14.2. The molecule has 5 atom stereocenters. The minimum Gasteiger partial charge on any atom is -0.480 e. The second-order valence-electron chi connectivity index (χ2n) is 11.1. The van der Waals surface area contributed by atoms with Crippen LogP contribution in [0.25, 0.3) is 0 Å². The highest BCUT2D eigenvalue weighted by Crippen LogP contribution is 2.31. The monoisotopic (exact) mass is 549 g/mol. The van der Waals surface area contributed by atoms with Crippen LogP contribution in [0.4, 0.5) is 0 Å². The number of carbonyl (C=O) groups is 4. The molecule has 0 spiro atoms. The van der Waals surface area contributed by atoms with Crippen molar-refractivity contribution >= 4 is 23.9 Å². The van der Waals surface area contributed by atoms with E-state index in [0.717, 1.165) is 12.8 Å². The number of ether oxygens (including phenoxy) is 3. The Bertz CT molecular complexity index is 974. The number of rotatable bonds is 16. The minimum absolute atomic E-state index is 0.0364. The number of carboxylic acid groups (broad SMARTS) is 1. The number of carboxylic acids is 1. The lowest BCUT2D eigenvalue weighted by molar-refractivity contribution is -0.152. The summed E-state index contributed by atoms with van der Waals surface area (Å²) in [7, 11) is 0. The van der Waals surface area contributed by atoms with Gasteiger partial charge in [-0.1, -0.05) is 67.9 Å². The van der Waals surface area contributed by atoms with Crippen LogP contribution in [0.1, 0.15) is 80.7 Å². The molecule has 0 aliphatic carbocycles. The summed E-state index contributed by atoms with van der Waals surface area (Å²) in [5.41, 5.74) is 0.563. The van der Waals surface area contributed by atoms with Gasteiger partial charge < -0.3 is 24.6 Å². The van der Waals surface area contributed by atoms with Gasteiger partial charge in [0.1, 0.15) is 12.1 Å². The van der Waals surface area contributed by atoms with E-state index in [1.807, 2.05) is 41.5 Å². The summed E-state index contributed by atoms with van der Waals surface area (Å²) in [6, 6.07) is 3.69. The van der Waals surface area contributed by atoms with Gasteiger partial charge in [0.05, 0.1) is 17.8 Å². The molecule has 220 valence electrons. The molecule has 9 nitrogen and oxygen atoms in total. The van der Waals surface area contributed by atoms with Crippen LogP contribution in [0.2, 0.25) is 0 Å². The summed E-state index contributed by atoms with van der Waals surface area (Å²) < 4.78 is 16.6. The van der Waals surface area contributed by atoms with Gasteiger partial charge in [-0.05, 0) is 49.3 Å². The smallest absolute Gasteiger partial charge is 0.321 e. The lowest BCUT2D eigenvalue weighted by Gasteiger charge is -2.21. The fourth-order valence-electron chi connectivity index (χ4n) is 3.49. The van der Waals surface area contributed by atoms with E-state index in [1.54, 1.807) is 26.8 Å². The number of nitrogens with one attached hydrogen (secondary N) is 1. The summed E-state index contributed by atoms with van der Waals surface area (Å²) >= 11 is 0. The van der Waals surface area contributed by atoms with Crippen LogP contribution in [-0.2, 0) is 30.3 Å². The van der Waals surface area contributed by atoms with E-state index in [2.05, 4.69) is 5.32 Å². The molecule has 4 unspecified atom stereocenters. The second-order valence-corrected chi connectivity index (χ2v) is 11.1. The zero-order valence-corrected chi connectivity index (χ0v) is 24.9. The molecular formula is C30H47NO8. The van der Waals surface area contributed by atoms with E-state index in [4.69, 9.17) is 14.2 Å². The largest absolute Gasteiger partial charge is 0.480 e. The van der Waals surface area contributed by atoms with Gasteiger partial charge in [-0.2, -0.15) is 0 Å². The topological polar surface area (TPSA) is 128 Å². The quantitative estimate of drug-likeness (QED) is 0.215. The Morgan fingerprint density at radius 1 is 0.821 bits per heavy atom. The highest BCUT2D eigenvalue weighted by molar-refractivity contribution is 5.79. The fraction of sp³-hybridized carbons (Fsp3) is 0.667. The van der Waals surface area contributed by atoms with E-state index in [9.17, 15) is 24.3 Å². The fourth-order valence-corrected chi connectivity index (χ4v) is 3.49. The Morgan fingerprint density at radius 3 is 1.85 bits per heavy atom. The maximum Gasteiger partial charge on any atom is 0.321 e. The highest BCUT2D eigenvalue weighted by atomic mass is 16.6. The predicted molar refractivity (Wildman–Crippen MR) is 148 cm³/mol. The van der Waals surface area contributed by atoms with Crippen molar-refractivity contribution in [1.29, 1.82) is 0 Å². The molecule has 39 heavy (non-hydrogen) atoms. The second kappa shape index (κ2) is 16.2. The van der Waals surface area contributed by atoms with Crippen LogP contribution in [-0.4, -0.2) is 47.7 Å². The average molecular weight is 550 g/mol. The maximum atomic E-state index is 12.7. The molecule has 0 bridgehead atoms. The number of esters is 3. The number of hydrogen-bond donors (Lipinski definition) is 2. The third kappa shape index (κ3) is 11.4. The number of carbonyl (C=O) groups excluding carboxylic acids is 3. The van der Waals surface area contributed by atoms with Crippen LogP contribution in [0.15, 0.2) is 18.2 Å². The first-order valence-corrected chi connectivity index (χ1v) is 13.9. The van der Waals surface area contributed by atoms with E-state index < -0.39 is 36.0 Å². The van der Waals surface area contributed by atoms with Crippen molar-refractivity contribution in [2.45, 2.75) is 93.7 Å². The molecule has 0 saturated carbocycles. The van der Waals surface area contributed by atoms with Gasteiger partial charge in [-0.25, -0.2) is 0 Å². The maximum absolute atomic E-state index is 12.7. The molecule has 1 aromatic carbocycles. The van der Waals surface area contributed by atoms with Gasteiger partial charge in [0.2, 0.25) is 0 Å². The van der Waals surface area contributed by atoms with Crippen LogP contribution in [0.5, 0.6) is 11.5 Å². The van der Waals surface area contributed by atoms with Crippen molar-refractivity contribution in [1.82, 2.24) is 5.32 Å². The van der Waals surface area contributed by atoms with E-state index in [0.29, 0.717) is 5.56 Å². The Hall–Kier alpha value is -2.94. The predicted octanol–water partition coefficient (Wildman–Crippen LogP) is 5.03. The summed E-state index contributed by atoms with van der Waals surface area (Å²) in [6.07, 6.45) is 1.13. The summed E-state index contributed by atoms with van der Waals surface area (Å²) in [6.45, 7) is 16.8. The van der Waals surface area contributed by atoms with Crippen molar-refractivity contribution in [3.05, 3.63) is 23.8 Å². The summed E-state index contributed by atoms with van der Waals surface area (Å²) in [5, 5.41) is 12.7. The third-order valence-corrected chi connectivity index (χ3v) is 7.00. The van der Waals surface area contributed by atoms with Crippen LogP contribution in [0, 0.1) is 29.6 Å². The van der Waals surface area contributed by atoms with Crippen LogP contribution < -0.4 is 14.8 Å². The molecule has 0 saturated heterocycles. The van der Waals surface area contributed by atoms with Crippen LogP contribution in [0.3, 0.4) is 0 Å². The lowest BCUT2D eigenvalue weighted by Crippen LogP contribution is -2.43. The van der Waals surface area contributed by atoms with Gasteiger partial charge in [0, 0.05) is 6.54 Å². The van der Waals surface area contributed by atoms with Gasteiger partial charge in [-0.3, -0.25) is 19.2 Å². The summed E-state index contributed by atoms with van der Waals surface area (Å²) in [4.78, 5) is 49.5. The molecule has 2 N–H and O–H groups in total. The first-order chi connectivity index (χ1) is 18.2. The molecule has 0 aliphatic rings. The highest BCUT2D eigenvalue weighted by Gasteiger charge is 2.26. The molecule has 0 aromatic heterocycles. The van der Waals surface area contributed by atoms with Crippen molar-refractivity contribution in [3.63, 3.8) is 0 Å². The van der Waals surface area contributed by atoms with Crippen molar-refractivity contribution in [2.24, 2.45) is 29.6 Å². The molecule has 1 aromatic rings. The van der Waals surface area contributed by atoms with E-state index in [1.165, 1.54) is 12.1 Å². The lowest BCUT2D eigenvalue weighted by atomic mass is 9.98. The van der Waals surface area contributed by atoms with E-state index >= 15 is 0 Å². The van der Waals surface area contributed by atoms with Gasteiger partial charge >= 0.3 is 23.9 Å². The normalized spacial score (nSPS) is 15.3.